The number of aromatic nitrogens is 3. The quantitative estimate of drug-likeness (QED) is 0.885. The highest BCUT2D eigenvalue weighted by atomic mass is 16.3. The molecule has 2 aromatic rings. The van der Waals surface area contributed by atoms with Gasteiger partial charge in [0.15, 0.2) is 0 Å². The summed E-state index contributed by atoms with van der Waals surface area (Å²) in [6.07, 6.45) is 2.77. The largest absolute Gasteiger partial charge is 0.507 e. The molecule has 4 nitrogen and oxygen atoms in total. The summed E-state index contributed by atoms with van der Waals surface area (Å²) in [6, 6.07) is 5.68. The Hall–Kier alpha value is -1.84. The van der Waals surface area contributed by atoms with Gasteiger partial charge in [-0.15, -0.1) is 5.10 Å². The van der Waals surface area contributed by atoms with Crippen molar-refractivity contribution in [1.82, 2.24) is 15.0 Å². The molecule has 2 rings (SSSR count). The highest BCUT2D eigenvalue weighted by molar-refractivity contribution is 5.66. The monoisotopic (exact) mass is 245 g/mol. The Morgan fingerprint density at radius 1 is 1.28 bits per heavy atom. The molecule has 96 valence electrons. The van der Waals surface area contributed by atoms with E-state index in [9.17, 15) is 5.11 Å². The number of nitrogens with zero attached hydrogens (tertiary/aromatic N) is 3. The van der Waals surface area contributed by atoms with Crippen LogP contribution < -0.4 is 0 Å². The second-order valence-corrected chi connectivity index (χ2v) is 5.42. The van der Waals surface area contributed by atoms with Crippen LogP contribution in [0.5, 0.6) is 5.75 Å². The number of hydrogen-bond donors (Lipinski definition) is 1. The van der Waals surface area contributed by atoms with E-state index in [0.29, 0.717) is 5.69 Å². The van der Waals surface area contributed by atoms with Gasteiger partial charge in [-0.3, -0.25) is 0 Å². The zero-order valence-corrected chi connectivity index (χ0v) is 11.3. The van der Waals surface area contributed by atoms with Gasteiger partial charge in [-0.1, -0.05) is 18.2 Å². The average Bonchev–Trinajstić information content (AvgIpc) is 2.77. The SMILES string of the molecule is CCc1ccc(-c2cn(C(C)(C)C)nn2)c(O)c1. The van der Waals surface area contributed by atoms with Crippen LogP contribution in [0, 0.1) is 0 Å². The summed E-state index contributed by atoms with van der Waals surface area (Å²) < 4.78 is 1.80. The lowest BCUT2D eigenvalue weighted by Crippen LogP contribution is -2.22. The Morgan fingerprint density at radius 2 is 2.00 bits per heavy atom. The Kier molecular flexibility index (Phi) is 3.11. The van der Waals surface area contributed by atoms with Crippen LogP contribution in [0.1, 0.15) is 33.3 Å². The summed E-state index contributed by atoms with van der Waals surface area (Å²) in [5.41, 5.74) is 2.43. The van der Waals surface area contributed by atoms with Crippen molar-refractivity contribution in [3.05, 3.63) is 30.0 Å². The zero-order chi connectivity index (χ0) is 13.3. The molecule has 1 heterocycles. The predicted molar refractivity (Wildman–Crippen MR) is 71.5 cm³/mol. The fourth-order valence-corrected chi connectivity index (χ4v) is 1.73. The molecule has 0 bridgehead atoms. The Labute approximate surface area is 107 Å². The molecule has 0 aliphatic rings. The third-order valence-electron chi connectivity index (χ3n) is 2.93. The molecule has 0 atom stereocenters. The Morgan fingerprint density at radius 3 is 2.50 bits per heavy atom. The van der Waals surface area contributed by atoms with Crippen LogP contribution in [-0.2, 0) is 12.0 Å². The molecule has 0 amide bonds. The highest BCUT2D eigenvalue weighted by Crippen LogP contribution is 2.29. The lowest BCUT2D eigenvalue weighted by atomic mass is 10.1. The third kappa shape index (κ3) is 2.37. The summed E-state index contributed by atoms with van der Waals surface area (Å²) in [4.78, 5) is 0. The lowest BCUT2D eigenvalue weighted by molar-refractivity contribution is 0.347. The first-order valence-electron chi connectivity index (χ1n) is 6.17. The van der Waals surface area contributed by atoms with Crippen molar-refractivity contribution in [3.63, 3.8) is 0 Å². The van der Waals surface area contributed by atoms with Crippen LogP contribution in [0.4, 0.5) is 0 Å². The third-order valence-corrected chi connectivity index (χ3v) is 2.93. The number of rotatable bonds is 2. The van der Waals surface area contributed by atoms with E-state index in [-0.39, 0.29) is 11.3 Å². The van der Waals surface area contributed by atoms with E-state index in [4.69, 9.17) is 0 Å². The first kappa shape index (κ1) is 12.6. The predicted octanol–water partition coefficient (Wildman–Crippen LogP) is 2.97. The summed E-state index contributed by atoms with van der Waals surface area (Å²) >= 11 is 0. The summed E-state index contributed by atoms with van der Waals surface area (Å²) in [5.74, 6) is 0.260. The molecule has 0 aliphatic heterocycles. The summed E-state index contributed by atoms with van der Waals surface area (Å²) in [5, 5.41) is 18.2. The van der Waals surface area contributed by atoms with Crippen molar-refractivity contribution >= 4 is 0 Å². The summed E-state index contributed by atoms with van der Waals surface area (Å²) in [7, 11) is 0. The van der Waals surface area contributed by atoms with E-state index in [1.807, 2.05) is 18.3 Å². The lowest BCUT2D eigenvalue weighted by Gasteiger charge is -2.17. The molecule has 0 saturated carbocycles. The van der Waals surface area contributed by atoms with Gasteiger partial charge in [0.2, 0.25) is 0 Å². The minimum Gasteiger partial charge on any atom is -0.507 e. The molecule has 0 saturated heterocycles. The standard InChI is InChI=1S/C14H19N3O/c1-5-10-6-7-11(13(18)8-10)12-9-17(16-15-12)14(2,3)4/h6-9,18H,5H2,1-4H3. The molecule has 0 spiro atoms. The van der Waals surface area contributed by atoms with E-state index in [1.165, 1.54) is 0 Å². The number of benzene rings is 1. The van der Waals surface area contributed by atoms with Gasteiger partial charge in [-0.25, -0.2) is 4.68 Å². The van der Waals surface area contributed by atoms with Gasteiger partial charge < -0.3 is 5.11 Å². The smallest absolute Gasteiger partial charge is 0.125 e. The van der Waals surface area contributed by atoms with Crippen LogP contribution in [-0.4, -0.2) is 20.1 Å². The number of phenolic OH excluding ortho intramolecular Hbond substituents is 1. The fraction of sp³-hybridized carbons (Fsp3) is 0.429. The van der Waals surface area contributed by atoms with Crippen molar-refractivity contribution in [2.45, 2.75) is 39.7 Å². The van der Waals surface area contributed by atoms with Gasteiger partial charge in [0.05, 0.1) is 11.7 Å². The van der Waals surface area contributed by atoms with Gasteiger partial charge in [0.25, 0.3) is 0 Å². The van der Waals surface area contributed by atoms with Crippen LogP contribution in [0.25, 0.3) is 11.3 Å². The first-order valence-corrected chi connectivity index (χ1v) is 6.17. The molecule has 1 N–H and O–H groups in total. The van der Waals surface area contributed by atoms with E-state index >= 15 is 0 Å². The number of aryl methyl sites for hydroxylation is 1. The molecule has 1 aromatic heterocycles. The number of phenols is 1. The van der Waals surface area contributed by atoms with Crippen molar-refractivity contribution in [3.8, 4) is 17.0 Å². The molecule has 0 aliphatic carbocycles. The topological polar surface area (TPSA) is 50.9 Å². The molecule has 4 heteroatoms. The molecular weight excluding hydrogens is 226 g/mol. The van der Waals surface area contributed by atoms with E-state index in [0.717, 1.165) is 17.5 Å². The van der Waals surface area contributed by atoms with Crippen LogP contribution in [0.3, 0.4) is 0 Å². The van der Waals surface area contributed by atoms with E-state index in [1.54, 1.807) is 10.7 Å². The van der Waals surface area contributed by atoms with Crippen molar-refractivity contribution in [2.75, 3.05) is 0 Å². The zero-order valence-electron chi connectivity index (χ0n) is 11.3. The average molecular weight is 245 g/mol. The van der Waals surface area contributed by atoms with Gasteiger partial charge in [0.1, 0.15) is 11.4 Å². The second kappa shape index (κ2) is 4.44. The van der Waals surface area contributed by atoms with Crippen LogP contribution in [0.15, 0.2) is 24.4 Å². The maximum absolute atomic E-state index is 10.0. The normalized spacial score (nSPS) is 11.8. The van der Waals surface area contributed by atoms with E-state index in [2.05, 4.69) is 38.0 Å². The van der Waals surface area contributed by atoms with Crippen LogP contribution in [0.2, 0.25) is 0 Å². The Balaban J connectivity index is 2.40. The minimum absolute atomic E-state index is 0.107. The van der Waals surface area contributed by atoms with Crippen molar-refractivity contribution in [1.29, 1.82) is 0 Å². The minimum atomic E-state index is -0.107. The molecule has 0 unspecified atom stereocenters. The molecular formula is C14H19N3O. The van der Waals surface area contributed by atoms with Crippen molar-refractivity contribution < 1.29 is 5.11 Å². The molecule has 0 fully saturated rings. The Bertz CT molecular complexity index is 552. The number of aromatic hydroxyl groups is 1. The fourth-order valence-electron chi connectivity index (χ4n) is 1.73. The second-order valence-electron chi connectivity index (χ2n) is 5.42. The van der Waals surface area contributed by atoms with Gasteiger partial charge in [-0.2, -0.15) is 0 Å². The highest BCUT2D eigenvalue weighted by Gasteiger charge is 2.17. The van der Waals surface area contributed by atoms with Crippen LogP contribution >= 0.6 is 0 Å². The molecule has 0 radical (unpaired) electrons. The number of hydrogen-bond acceptors (Lipinski definition) is 3. The van der Waals surface area contributed by atoms with E-state index < -0.39 is 0 Å². The van der Waals surface area contributed by atoms with Gasteiger partial charge in [-0.05, 0) is 44.9 Å². The summed E-state index contributed by atoms with van der Waals surface area (Å²) in [6.45, 7) is 8.24. The van der Waals surface area contributed by atoms with Gasteiger partial charge >= 0.3 is 0 Å². The molecule has 18 heavy (non-hydrogen) atoms. The maximum Gasteiger partial charge on any atom is 0.125 e. The van der Waals surface area contributed by atoms with Gasteiger partial charge in [0, 0.05) is 5.56 Å². The maximum atomic E-state index is 10.0. The first-order chi connectivity index (χ1) is 8.41. The molecule has 1 aromatic carbocycles. The van der Waals surface area contributed by atoms with Crippen molar-refractivity contribution in [2.24, 2.45) is 0 Å².